The molecule has 0 aliphatic heterocycles. The van der Waals surface area contributed by atoms with Gasteiger partial charge in [-0.05, 0) is 61.7 Å². The third-order valence-corrected chi connectivity index (χ3v) is 3.48. The number of carbonyl (C=O) groups is 1. The molecule has 2 aromatic carbocycles. The second kappa shape index (κ2) is 6.93. The molecule has 0 aliphatic rings. The van der Waals surface area contributed by atoms with Crippen LogP contribution in [0.25, 0.3) is 0 Å². The molecule has 3 heteroatoms. The molecule has 110 valence electrons. The molecule has 0 saturated heterocycles. The van der Waals surface area contributed by atoms with Crippen LogP contribution in [0.3, 0.4) is 0 Å². The van der Waals surface area contributed by atoms with E-state index in [-0.39, 0.29) is 5.91 Å². The Bertz CT molecular complexity index is 618. The Morgan fingerprint density at radius 1 is 1.05 bits per heavy atom. The molecule has 2 N–H and O–H groups in total. The first-order valence-electron chi connectivity index (χ1n) is 7.38. The van der Waals surface area contributed by atoms with Crippen LogP contribution in [-0.4, -0.2) is 12.5 Å². The molecule has 0 radical (unpaired) electrons. The largest absolute Gasteiger partial charge is 0.385 e. The summed E-state index contributed by atoms with van der Waals surface area (Å²) >= 11 is 0. The number of nitrogens with one attached hydrogen (secondary N) is 2. The van der Waals surface area contributed by atoms with E-state index in [4.69, 9.17) is 0 Å². The second-order valence-corrected chi connectivity index (χ2v) is 5.06. The fourth-order valence-electron chi connectivity index (χ4n) is 2.22. The lowest BCUT2D eigenvalue weighted by molar-refractivity contribution is 0.102. The molecule has 0 bridgehead atoms. The van der Waals surface area contributed by atoms with Gasteiger partial charge in [-0.3, -0.25) is 4.79 Å². The van der Waals surface area contributed by atoms with Crippen LogP contribution >= 0.6 is 0 Å². The van der Waals surface area contributed by atoms with Crippen molar-refractivity contribution in [1.29, 1.82) is 0 Å². The third kappa shape index (κ3) is 3.85. The van der Waals surface area contributed by atoms with E-state index in [1.165, 1.54) is 5.56 Å². The minimum Gasteiger partial charge on any atom is -0.385 e. The molecular formula is C18H22N2O. The summed E-state index contributed by atoms with van der Waals surface area (Å²) in [4.78, 5) is 12.3. The SMILES string of the molecule is CCNc1ccc(C(=O)Nc2ccc(CC)cc2)cc1C. The summed E-state index contributed by atoms with van der Waals surface area (Å²) in [6.07, 6.45) is 0.999. The molecule has 2 aromatic rings. The van der Waals surface area contributed by atoms with E-state index in [9.17, 15) is 4.79 Å². The van der Waals surface area contributed by atoms with Crippen molar-refractivity contribution in [2.24, 2.45) is 0 Å². The first kappa shape index (κ1) is 15.1. The third-order valence-electron chi connectivity index (χ3n) is 3.48. The van der Waals surface area contributed by atoms with Gasteiger partial charge in [-0.25, -0.2) is 0 Å². The molecule has 1 amide bonds. The Balaban J connectivity index is 2.10. The first-order valence-corrected chi connectivity index (χ1v) is 7.38. The lowest BCUT2D eigenvalue weighted by atomic mass is 10.1. The standard InChI is InChI=1S/C18H22N2O/c1-4-14-6-9-16(10-7-14)20-18(21)15-8-11-17(19-5-2)13(3)12-15/h6-12,19H,4-5H2,1-3H3,(H,20,21). The van der Waals surface area contributed by atoms with Gasteiger partial charge in [0.25, 0.3) is 5.91 Å². The predicted molar refractivity (Wildman–Crippen MR) is 89.1 cm³/mol. The molecular weight excluding hydrogens is 260 g/mol. The van der Waals surface area contributed by atoms with Gasteiger partial charge in [0.15, 0.2) is 0 Å². The zero-order valence-electron chi connectivity index (χ0n) is 12.9. The molecule has 3 nitrogen and oxygen atoms in total. The van der Waals surface area contributed by atoms with Gasteiger partial charge in [0.2, 0.25) is 0 Å². The van der Waals surface area contributed by atoms with E-state index >= 15 is 0 Å². The van der Waals surface area contributed by atoms with Crippen LogP contribution in [0.1, 0.15) is 35.3 Å². The van der Waals surface area contributed by atoms with Crippen LogP contribution in [-0.2, 0) is 6.42 Å². The van der Waals surface area contributed by atoms with E-state index in [0.29, 0.717) is 5.56 Å². The molecule has 0 aliphatic carbocycles. The fourth-order valence-corrected chi connectivity index (χ4v) is 2.22. The Kier molecular flexibility index (Phi) is 4.99. The highest BCUT2D eigenvalue weighted by atomic mass is 16.1. The number of carbonyl (C=O) groups excluding carboxylic acids is 1. The van der Waals surface area contributed by atoms with Crippen LogP contribution in [0.5, 0.6) is 0 Å². The number of benzene rings is 2. The second-order valence-electron chi connectivity index (χ2n) is 5.06. The number of aryl methyl sites for hydroxylation is 2. The van der Waals surface area contributed by atoms with Crippen LogP contribution in [0.4, 0.5) is 11.4 Å². The number of hydrogen-bond donors (Lipinski definition) is 2. The van der Waals surface area contributed by atoms with Crippen molar-refractivity contribution >= 4 is 17.3 Å². The van der Waals surface area contributed by atoms with Gasteiger partial charge in [-0.2, -0.15) is 0 Å². The Morgan fingerprint density at radius 2 is 1.76 bits per heavy atom. The van der Waals surface area contributed by atoms with E-state index in [1.54, 1.807) is 0 Å². The summed E-state index contributed by atoms with van der Waals surface area (Å²) in [6.45, 7) is 7.04. The number of amides is 1. The van der Waals surface area contributed by atoms with Crippen LogP contribution in [0, 0.1) is 6.92 Å². The molecule has 0 unspecified atom stereocenters. The van der Waals surface area contributed by atoms with Gasteiger partial charge in [-0.1, -0.05) is 19.1 Å². The first-order chi connectivity index (χ1) is 10.1. The highest BCUT2D eigenvalue weighted by Crippen LogP contribution is 2.18. The summed E-state index contributed by atoms with van der Waals surface area (Å²) in [6, 6.07) is 13.7. The smallest absolute Gasteiger partial charge is 0.255 e. The summed E-state index contributed by atoms with van der Waals surface area (Å²) < 4.78 is 0. The lowest BCUT2D eigenvalue weighted by Gasteiger charge is -2.10. The molecule has 0 saturated carbocycles. The summed E-state index contributed by atoms with van der Waals surface area (Å²) in [5.74, 6) is -0.0783. The monoisotopic (exact) mass is 282 g/mol. The van der Waals surface area contributed by atoms with Gasteiger partial charge in [0.05, 0.1) is 0 Å². The molecule has 0 atom stereocenters. The average molecular weight is 282 g/mol. The van der Waals surface area contributed by atoms with Gasteiger partial charge in [0.1, 0.15) is 0 Å². The highest BCUT2D eigenvalue weighted by molar-refractivity contribution is 6.04. The van der Waals surface area contributed by atoms with Crippen LogP contribution < -0.4 is 10.6 Å². The molecule has 2 rings (SSSR count). The Labute approximate surface area is 126 Å². The van der Waals surface area contributed by atoms with Crippen molar-refractivity contribution in [3.8, 4) is 0 Å². The molecule has 0 heterocycles. The van der Waals surface area contributed by atoms with Crippen molar-refractivity contribution in [3.63, 3.8) is 0 Å². The minimum absolute atomic E-state index is 0.0783. The summed E-state index contributed by atoms with van der Waals surface area (Å²) in [5, 5.41) is 6.20. The van der Waals surface area contributed by atoms with E-state index in [1.807, 2.05) is 49.4 Å². The van der Waals surface area contributed by atoms with Crippen molar-refractivity contribution in [2.75, 3.05) is 17.2 Å². The van der Waals surface area contributed by atoms with Gasteiger partial charge < -0.3 is 10.6 Å². The maximum atomic E-state index is 12.3. The van der Waals surface area contributed by atoms with E-state index in [2.05, 4.69) is 24.5 Å². The quantitative estimate of drug-likeness (QED) is 0.861. The summed E-state index contributed by atoms with van der Waals surface area (Å²) in [5.41, 5.74) is 4.91. The minimum atomic E-state index is -0.0783. The maximum absolute atomic E-state index is 12.3. The average Bonchev–Trinajstić information content (AvgIpc) is 2.50. The Hall–Kier alpha value is -2.29. The van der Waals surface area contributed by atoms with Gasteiger partial charge in [-0.15, -0.1) is 0 Å². The zero-order valence-corrected chi connectivity index (χ0v) is 12.9. The number of rotatable bonds is 5. The zero-order chi connectivity index (χ0) is 15.2. The van der Waals surface area contributed by atoms with Gasteiger partial charge >= 0.3 is 0 Å². The Morgan fingerprint density at radius 3 is 2.33 bits per heavy atom. The molecule has 0 spiro atoms. The molecule has 0 aromatic heterocycles. The predicted octanol–water partition coefficient (Wildman–Crippen LogP) is 4.24. The van der Waals surface area contributed by atoms with Crippen LogP contribution in [0.15, 0.2) is 42.5 Å². The normalized spacial score (nSPS) is 10.2. The van der Waals surface area contributed by atoms with E-state index < -0.39 is 0 Å². The van der Waals surface area contributed by atoms with E-state index in [0.717, 1.165) is 29.9 Å². The topological polar surface area (TPSA) is 41.1 Å². The van der Waals surface area contributed by atoms with Crippen LogP contribution in [0.2, 0.25) is 0 Å². The van der Waals surface area contributed by atoms with Crippen molar-refractivity contribution in [1.82, 2.24) is 0 Å². The maximum Gasteiger partial charge on any atom is 0.255 e. The van der Waals surface area contributed by atoms with Crippen molar-refractivity contribution in [2.45, 2.75) is 27.2 Å². The fraction of sp³-hybridized carbons (Fsp3) is 0.278. The molecule has 21 heavy (non-hydrogen) atoms. The highest BCUT2D eigenvalue weighted by Gasteiger charge is 2.08. The lowest BCUT2D eigenvalue weighted by Crippen LogP contribution is -2.12. The number of anilines is 2. The van der Waals surface area contributed by atoms with Crippen molar-refractivity contribution in [3.05, 3.63) is 59.2 Å². The summed E-state index contributed by atoms with van der Waals surface area (Å²) in [7, 11) is 0. The molecule has 0 fully saturated rings. The van der Waals surface area contributed by atoms with Gasteiger partial charge in [0, 0.05) is 23.5 Å². The van der Waals surface area contributed by atoms with Crippen molar-refractivity contribution < 1.29 is 4.79 Å². The number of hydrogen-bond acceptors (Lipinski definition) is 2.